The number of benzene rings is 2. The fourth-order valence-electron chi connectivity index (χ4n) is 2.79. The molecule has 2 rings (SSSR count). The molecule has 2 N–H and O–H groups in total. The van der Waals surface area contributed by atoms with Gasteiger partial charge in [-0.2, -0.15) is 0 Å². The van der Waals surface area contributed by atoms with Gasteiger partial charge in [0.05, 0.1) is 14.2 Å². The Kier molecular flexibility index (Phi) is 10.6. The first-order chi connectivity index (χ1) is 12.7. The zero-order chi connectivity index (χ0) is 18.8. The van der Waals surface area contributed by atoms with E-state index in [0.29, 0.717) is 0 Å². The molecule has 0 aliphatic heterocycles. The zero-order valence-electron chi connectivity index (χ0n) is 16.5. The summed E-state index contributed by atoms with van der Waals surface area (Å²) in [6, 6.07) is 14.4. The summed E-state index contributed by atoms with van der Waals surface area (Å²) in [4.78, 5) is 4.28. The number of ether oxygens (including phenoxy) is 2. The van der Waals surface area contributed by atoms with Crippen molar-refractivity contribution in [3.05, 3.63) is 59.2 Å². The molecular weight excluding hydrogens is 453 g/mol. The van der Waals surface area contributed by atoms with E-state index in [9.17, 15) is 0 Å². The summed E-state index contributed by atoms with van der Waals surface area (Å²) in [5, 5.41) is 6.70. The third kappa shape index (κ3) is 7.66. The standard InChI is InChI=1S/C21H29N3O2.HI/c1-16-8-9-20(26-4)18(14-16)11-13-24-21(22-2)23-12-10-17-6-5-7-19(15-17)25-3;/h5-9,14-15H,10-13H2,1-4H3,(H2,22,23,24);1H. The summed E-state index contributed by atoms with van der Waals surface area (Å²) in [5.41, 5.74) is 3.67. The minimum absolute atomic E-state index is 0. The van der Waals surface area contributed by atoms with E-state index in [1.165, 1.54) is 16.7 Å². The van der Waals surface area contributed by atoms with Gasteiger partial charge in [-0.15, -0.1) is 24.0 Å². The van der Waals surface area contributed by atoms with Crippen LogP contribution in [0.2, 0.25) is 0 Å². The zero-order valence-corrected chi connectivity index (χ0v) is 18.9. The van der Waals surface area contributed by atoms with E-state index >= 15 is 0 Å². The Bertz CT molecular complexity index is 735. The molecule has 0 saturated heterocycles. The van der Waals surface area contributed by atoms with E-state index in [1.54, 1.807) is 21.3 Å². The van der Waals surface area contributed by atoms with Crippen LogP contribution in [0.1, 0.15) is 16.7 Å². The fourth-order valence-corrected chi connectivity index (χ4v) is 2.79. The molecule has 0 fully saturated rings. The van der Waals surface area contributed by atoms with Gasteiger partial charge in [-0.3, -0.25) is 4.99 Å². The third-order valence-electron chi connectivity index (χ3n) is 4.19. The Morgan fingerprint density at radius 3 is 2.37 bits per heavy atom. The summed E-state index contributed by atoms with van der Waals surface area (Å²) in [6.07, 6.45) is 1.78. The van der Waals surface area contributed by atoms with E-state index in [0.717, 1.165) is 43.4 Å². The van der Waals surface area contributed by atoms with Crippen LogP contribution in [0.4, 0.5) is 0 Å². The molecule has 0 unspecified atom stereocenters. The first kappa shape index (κ1) is 23.1. The number of nitrogens with zero attached hydrogens (tertiary/aromatic N) is 1. The maximum Gasteiger partial charge on any atom is 0.190 e. The van der Waals surface area contributed by atoms with Crippen molar-refractivity contribution < 1.29 is 9.47 Å². The van der Waals surface area contributed by atoms with E-state index in [1.807, 2.05) is 18.2 Å². The topological polar surface area (TPSA) is 54.9 Å². The van der Waals surface area contributed by atoms with Crippen molar-refractivity contribution in [3.63, 3.8) is 0 Å². The average Bonchev–Trinajstić information content (AvgIpc) is 2.67. The first-order valence-electron chi connectivity index (χ1n) is 8.87. The van der Waals surface area contributed by atoms with Crippen LogP contribution in [0.3, 0.4) is 0 Å². The number of nitrogens with one attached hydrogen (secondary N) is 2. The summed E-state index contributed by atoms with van der Waals surface area (Å²) in [7, 11) is 5.18. The van der Waals surface area contributed by atoms with E-state index in [-0.39, 0.29) is 24.0 Å². The highest BCUT2D eigenvalue weighted by Gasteiger charge is 2.04. The number of hydrogen-bond donors (Lipinski definition) is 2. The summed E-state index contributed by atoms with van der Waals surface area (Å²) in [6.45, 7) is 3.69. The lowest BCUT2D eigenvalue weighted by molar-refractivity contribution is 0.409. The molecule has 0 aliphatic carbocycles. The molecule has 0 saturated carbocycles. The van der Waals surface area contributed by atoms with Crippen molar-refractivity contribution in [2.24, 2.45) is 4.99 Å². The fraction of sp³-hybridized carbons (Fsp3) is 0.381. The second kappa shape index (κ2) is 12.4. The molecule has 0 aromatic heterocycles. The lowest BCUT2D eigenvalue weighted by atomic mass is 10.1. The van der Waals surface area contributed by atoms with Crippen molar-refractivity contribution in [2.75, 3.05) is 34.4 Å². The van der Waals surface area contributed by atoms with Crippen LogP contribution in [0.15, 0.2) is 47.5 Å². The molecule has 0 spiro atoms. The Balaban J connectivity index is 0.00000364. The summed E-state index contributed by atoms with van der Waals surface area (Å²) in [5.74, 6) is 2.62. The van der Waals surface area contributed by atoms with Crippen LogP contribution in [0.25, 0.3) is 0 Å². The van der Waals surface area contributed by atoms with Gasteiger partial charge in [-0.1, -0.05) is 29.8 Å². The molecule has 0 radical (unpaired) electrons. The van der Waals surface area contributed by atoms with Gasteiger partial charge in [-0.25, -0.2) is 0 Å². The van der Waals surface area contributed by atoms with Gasteiger partial charge >= 0.3 is 0 Å². The molecule has 0 aliphatic rings. The molecule has 27 heavy (non-hydrogen) atoms. The number of aliphatic imine (C=N–C) groups is 1. The number of methoxy groups -OCH3 is 2. The molecular formula is C21H30IN3O2. The van der Waals surface area contributed by atoms with Gasteiger partial charge < -0.3 is 20.1 Å². The average molecular weight is 483 g/mol. The predicted molar refractivity (Wildman–Crippen MR) is 123 cm³/mol. The maximum absolute atomic E-state index is 5.43. The van der Waals surface area contributed by atoms with Gasteiger partial charge in [0.1, 0.15) is 11.5 Å². The molecule has 5 nitrogen and oxygen atoms in total. The van der Waals surface area contributed by atoms with Crippen molar-refractivity contribution in [1.29, 1.82) is 0 Å². The quantitative estimate of drug-likeness (QED) is 0.343. The number of guanidine groups is 1. The lowest BCUT2D eigenvalue weighted by Crippen LogP contribution is -2.39. The molecule has 6 heteroatoms. The SMILES string of the molecule is CN=C(NCCc1cccc(OC)c1)NCCc1cc(C)ccc1OC.I. The van der Waals surface area contributed by atoms with Crippen molar-refractivity contribution in [2.45, 2.75) is 19.8 Å². The van der Waals surface area contributed by atoms with Crippen LogP contribution in [-0.2, 0) is 12.8 Å². The second-order valence-corrected chi connectivity index (χ2v) is 6.09. The van der Waals surface area contributed by atoms with Gasteiger partial charge in [0.25, 0.3) is 0 Å². The largest absolute Gasteiger partial charge is 0.497 e. The first-order valence-corrected chi connectivity index (χ1v) is 8.87. The molecule has 148 valence electrons. The monoisotopic (exact) mass is 483 g/mol. The van der Waals surface area contributed by atoms with Gasteiger partial charge in [0.2, 0.25) is 0 Å². The highest BCUT2D eigenvalue weighted by atomic mass is 127. The molecule has 2 aromatic rings. The minimum Gasteiger partial charge on any atom is -0.497 e. The van der Waals surface area contributed by atoms with Crippen LogP contribution in [0, 0.1) is 6.92 Å². The predicted octanol–water partition coefficient (Wildman–Crippen LogP) is 3.58. The normalized spacial score (nSPS) is 10.7. The van der Waals surface area contributed by atoms with Crippen LogP contribution in [-0.4, -0.2) is 40.3 Å². The molecule has 0 amide bonds. The third-order valence-corrected chi connectivity index (χ3v) is 4.19. The maximum atomic E-state index is 5.43. The van der Waals surface area contributed by atoms with E-state index in [2.05, 4.69) is 46.8 Å². The smallest absolute Gasteiger partial charge is 0.190 e. The Morgan fingerprint density at radius 2 is 1.70 bits per heavy atom. The Hall–Kier alpha value is -1.96. The highest BCUT2D eigenvalue weighted by Crippen LogP contribution is 2.19. The number of hydrogen-bond acceptors (Lipinski definition) is 3. The van der Waals surface area contributed by atoms with Crippen molar-refractivity contribution in [3.8, 4) is 11.5 Å². The molecule has 0 atom stereocenters. The number of rotatable bonds is 8. The summed E-state index contributed by atoms with van der Waals surface area (Å²) < 4.78 is 10.7. The molecule has 0 heterocycles. The Morgan fingerprint density at radius 1 is 0.963 bits per heavy atom. The second-order valence-electron chi connectivity index (χ2n) is 6.09. The van der Waals surface area contributed by atoms with Gasteiger partial charge in [0.15, 0.2) is 5.96 Å². The number of aryl methyl sites for hydroxylation is 1. The minimum atomic E-state index is 0. The van der Waals surface area contributed by atoms with Crippen LogP contribution < -0.4 is 20.1 Å². The van der Waals surface area contributed by atoms with Gasteiger partial charge in [-0.05, 0) is 49.1 Å². The summed E-state index contributed by atoms with van der Waals surface area (Å²) >= 11 is 0. The van der Waals surface area contributed by atoms with Gasteiger partial charge in [0, 0.05) is 20.1 Å². The van der Waals surface area contributed by atoms with Crippen LogP contribution in [0.5, 0.6) is 11.5 Å². The molecule has 2 aromatic carbocycles. The van der Waals surface area contributed by atoms with E-state index in [4.69, 9.17) is 9.47 Å². The lowest BCUT2D eigenvalue weighted by Gasteiger charge is -2.14. The molecule has 0 bridgehead atoms. The number of halogens is 1. The Labute approximate surface area is 179 Å². The van der Waals surface area contributed by atoms with Crippen molar-refractivity contribution >= 4 is 29.9 Å². The van der Waals surface area contributed by atoms with Crippen molar-refractivity contribution in [1.82, 2.24) is 10.6 Å². The van der Waals surface area contributed by atoms with E-state index < -0.39 is 0 Å². The van der Waals surface area contributed by atoms with Crippen LogP contribution >= 0.6 is 24.0 Å². The highest BCUT2D eigenvalue weighted by molar-refractivity contribution is 14.0.